The first-order valence-corrected chi connectivity index (χ1v) is 6.11. The molecule has 0 aliphatic rings. The fourth-order valence-electron chi connectivity index (χ4n) is 1.44. The van der Waals surface area contributed by atoms with Crippen molar-refractivity contribution in [3.63, 3.8) is 0 Å². The van der Waals surface area contributed by atoms with E-state index >= 15 is 0 Å². The second kappa shape index (κ2) is 8.02. The fourth-order valence-corrected chi connectivity index (χ4v) is 1.44. The summed E-state index contributed by atoms with van der Waals surface area (Å²) >= 11 is 0. The molecule has 0 aromatic carbocycles. The van der Waals surface area contributed by atoms with E-state index in [-0.39, 0.29) is 0 Å². The van der Waals surface area contributed by atoms with Gasteiger partial charge in [-0.25, -0.2) is 4.58 Å². The Morgan fingerprint density at radius 2 is 1.86 bits per heavy atom. The Morgan fingerprint density at radius 3 is 2.36 bits per heavy atom. The Bertz CT molecular complexity index is 159. The van der Waals surface area contributed by atoms with Gasteiger partial charge in [-0.2, -0.15) is 0 Å². The zero-order valence-electron chi connectivity index (χ0n) is 10.7. The van der Waals surface area contributed by atoms with Crippen molar-refractivity contribution < 1.29 is 4.58 Å². The van der Waals surface area contributed by atoms with E-state index in [0.29, 0.717) is 0 Å². The van der Waals surface area contributed by atoms with Gasteiger partial charge in [-0.3, -0.25) is 0 Å². The largest absolute Gasteiger partial charge is 0.242 e. The Morgan fingerprint density at radius 1 is 1.21 bits per heavy atom. The van der Waals surface area contributed by atoms with Gasteiger partial charge in [0, 0.05) is 12.8 Å². The van der Waals surface area contributed by atoms with Crippen molar-refractivity contribution in [3.8, 4) is 0 Å². The first kappa shape index (κ1) is 13.7. The molecule has 0 aromatic heterocycles. The molecule has 0 bridgehead atoms. The van der Waals surface area contributed by atoms with Crippen molar-refractivity contribution in [1.29, 1.82) is 0 Å². The molecule has 0 heterocycles. The smallest absolute Gasteiger partial charge is 0.142 e. The quantitative estimate of drug-likeness (QED) is 0.434. The summed E-state index contributed by atoms with van der Waals surface area (Å²) in [6.07, 6.45) is 7.49. The molecule has 1 unspecified atom stereocenters. The van der Waals surface area contributed by atoms with Crippen LogP contribution >= 0.6 is 0 Å². The Hall–Kier alpha value is -0.330. The highest BCUT2D eigenvalue weighted by Crippen LogP contribution is 2.15. The molecule has 0 aliphatic heterocycles. The van der Waals surface area contributed by atoms with Gasteiger partial charge in [-0.1, -0.05) is 27.7 Å². The lowest BCUT2D eigenvalue weighted by atomic mass is 9.93. The molecule has 14 heavy (non-hydrogen) atoms. The highest BCUT2D eigenvalue weighted by Gasteiger charge is 2.07. The normalized spacial score (nSPS) is 14.9. The van der Waals surface area contributed by atoms with Gasteiger partial charge in [0.2, 0.25) is 0 Å². The summed E-state index contributed by atoms with van der Waals surface area (Å²) in [4.78, 5) is 0. The van der Waals surface area contributed by atoms with E-state index in [2.05, 4.69) is 45.5 Å². The molecule has 0 saturated heterocycles. The number of hydrogen-bond acceptors (Lipinski definition) is 0. The predicted octanol–water partition coefficient (Wildman–Crippen LogP) is 3.57. The fraction of sp³-hybridized carbons (Fsp3) is 0.923. The van der Waals surface area contributed by atoms with Crippen LogP contribution in [0.15, 0.2) is 0 Å². The summed E-state index contributed by atoms with van der Waals surface area (Å²) in [7, 11) is 2.19. The van der Waals surface area contributed by atoms with Crippen LogP contribution in [0.2, 0.25) is 0 Å². The molecule has 0 fully saturated rings. The van der Waals surface area contributed by atoms with Crippen molar-refractivity contribution in [1.82, 2.24) is 0 Å². The molecule has 0 aromatic rings. The molecular formula is C13H28N+. The first-order chi connectivity index (χ1) is 6.57. The lowest BCUT2D eigenvalue weighted by Crippen LogP contribution is -2.11. The summed E-state index contributed by atoms with van der Waals surface area (Å²) in [5.74, 6) is 1.70. The maximum absolute atomic E-state index is 2.36. The van der Waals surface area contributed by atoms with Crippen molar-refractivity contribution in [3.05, 3.63) is 0 Å². The number of hydrogen-bond donors (Lipinski definition) is 0. The summed E-state index contributed by atoms with van der Waals surface area (Å²) < 4.78 is 2.34. The second-order valence-corrected chi connectivity index (χ2v) is 4.82. The number of rotatable bonds is 7. The summed E-state index contributed by atoms with van der Waals surface area (Å²) in [5.41, 5.74) is 0. The maximum Gasteiger partial charge on any atom is 0.142 e. The summed E-state index contributed by atoms with van der Waals surface area (Å²) in [6.45, 7) is 10.4. The highest BCUT2D eigenvalue weighted by atomic mass is 14.9. The molecule has 84 valence electrons. The third-order valence-electron chi connectivity index (χ3n) is 3.04. The minimum Gasteiger partial charge on any atom is -0.242 e. The third kappa shape index (κ3) is 7.11. The molecule has 0 N–H and O–H groups in total. The van der Waals surface area contributed by atoms with E-state index < -0.39 is 0 Å². The SMILES string of the molecule is CCCC=[N+](C)CCCC(C)C(C)C. The molecule has 1 atom stereocenters. The average molecular weight is 198 g/mol. The lowest BCUT2D eigenvalue weighted by Gasteiger charge is -2.13. The van der Waals surface area contributed by atoms with Gasteiger partial charge in [0.05, 0.1) is 0 Å². The van der Waals surface area contributed by atoms with Crippen LogP contribution in [0.3, 0.4) is 0 Å². The lowest BCUT2D eigenvalue weighted by molar-refractivity contribution is -0.494. The molecule has 0 rings (SSSR count). The van der Waals surface area contributed by atoms with Gasteiger partial charge in [0.15, 0.2) is 0 Å². The minimum absolute atomic E-state index is 0.833. The summed E-state index contributed by atoms with van der Waals surface area (Å²) in [5, 5.41) is 0. The number of unbranched alkanes of at least 4 members (excludes halogenated alkanes) is 1. The molecule has 1 nitrogen and oxygen atoms in total. The Labute approximate surface area is 90.2 Å². The van der Waals surface area contributed by atoms with Crippen molar-refractivity contribution in [2.75, 3.05) is 13.6 Å². The van der Waals surface area contributed by atoms with Gasteiger partial charge in [0.1, 0.15) is 19.8 Å². The topological polar surface area (TPSA) is 3.01 Å². The van der Waals surface area contributed by atoms with Crippen molar-refractivity contribution in [2.24, 2.45) is 11.8 Å². The van der Waals surface area contributed by atoms with Crippen LogP contribution in [0, 0.1) is 11.8 Å². The Balaban J connectivity index is 3.53. The predicted molar refractivity (Wildman–Crippen MR) is 65.3 cm³/mol. The first-order valence-electron chi connectivity index (χ1n) is 6.11. The van der Waals surface area contributed by atoms with Crippen LogP contribution in [0.1, 0.15) is 53.4 Å². The molecule has 0 spiro atoms. The van der Waals surface area contributed by atoms with Crippen LogP contribution in [0.5, 0.6) is 0 Å². The minimum atomic E-state index is 0.833. The average Bonchev–Trinajstić information content (AvgIpc) is 2.14. The van der Waals surface area contributed by atoms with Crippen LogP contribution in [-0.4, -0.2) is 24.4 Å². The monoisotopic (exact) mass is 198 g/mol. The van der Waals surface area contributed by atoms with Crippen molar-refractivity contribution in [2.45, 2.75) is 53.4 Å². The van der Waals surface area contributed by atoms with Gasteiger partial charge in [-0.05, 0) is 24.7 Å². The van der Waals surface area contributed by atoms with E-state index in [1.165, 1.54) is 32.2 Å². The molecule has 0 radical (unpaired) electrons. The van der Waals surface area contributed by atoms with Crippen LogP contribution in [0.25, 0.3) is 0 Å². The zero-order valence-corrected chi connectivity index (χ0v) is 10.7. The van der Waals surface area contributed by atoms with Gasteiger partial charge in [-0.15, -0.1) is 0 Å². The second-order valence-electron chi connectivity index (χ2n) is 4.82. The van der Waals surface area contributed by atoms with Crippen LogP contribution in [-0.2, 0) is 0 Å². The molecule has 0 amide bonds. The van der Waals surface area contributed by atoms with Gasteiger partial charge in [0.25, 0.3) is 0 Å². The van der Waals surface area contributed by atoms with Crippen LogP contribution in [0.4, 0.5) is 0 Å². The van der Waals surface area contributed by atoms with Crippen LogP contribution < -0.4 is 0 Å². The molecule has 0 saturated carbocycles. The van der Waals surface area contributed by atoms with E-state index in [4.69, 9.17) is 0 Å². The Kier molecular flexibility index (Phi) is 7.83. The molecular weight excluding hydrogens is 170 g/mol. The van der Waals surface area contributed by atoms with Gasteiger partial charge < -0.3 is 0 Å². The van der Waals surface area contributed by atoms with E-state index in [1.807, 2.05) is 0 Å². The summed E-state index contributed by atoms with van der Waals surface area (Å²) in [6, 6.07) is 0. The van der Waals surface area contributed by atoms with Gasteiger partial charge >= 0.3 is 0 Å². The molecule has 1 heteroatoms. The van der Waals surface area contributed by atoms with E-state index in [9.17, 15) is 0 Å². The maximum atomic E-state index is 2.36. The standard InChI is InChI=1S/C13H28N/c1-6-7-10-14(5)11-8-9-13(4)12(2)3/h10,12-13H,6-9,11H2,1-5H3/q+1. The van der Waals surface area contributed by atoms with E-state index in [1.54, 1.807) is 0 Å². The third-order valence-corrected chi connectivity index (χ3v) is 3.04. The number of nitrogens with zero attached hydrogens (tertiary/aromatic N) is 1. The van der Waals surface area contributed by atoms with E-state index in [0.717, 1.165) is 11.8 Å². The molecule has 0 aliphatic carbocycles. The zero-order chi connectivity index (χ0) is 11.0. The van der Waals surface area contributed by atoms with Crippen molar-refractivity contribution >= 4 is 6.21 Å². The highest BCUT2D eigenvalue weighted by molar-refractivity contribution is 5.50.